The SMILES string of the molecule is Cc1nn(Cc2ccccc2)c(C)c1C=NCCO. The van der Waals surface area contributed by atoms with Crippen LogP contribution >= 0.6 is 0 Å². The van der Waals surface area contributed by atoms with Gasteiger partial charge in [-0.2, -0.15) is 5.10 Å². The van der Waals surface area contributed by atoms with Crippen molar-refractivity contribution in [1.29, 1.82) is 0 Å². The second kappa shape index (κ2) is 6.29. The first kappa shape index (κ1) is 13.5. The van der Waals surface area contributed by atoms with E-state index in [4.69, 9.17) is 5.11 Å². The zero-order valence-corrected chi connectivity index (χ0v) is 11.4. The predicted octanol–water partition coefficient (Wildman–Crippen LogP) is 1.96. The largest absolute Gasteiger partial charge is 0.394 e. The number of aryl methyl sites for hydroxylation is 1. The molecular weight excluding hydrogens is 238 g/mol. The molecule has 0 amide bonds. The van der Waals surface area contributed by atoms with E-state index < -0.39 is 0 Å². The fraction of sp³-hybridized carbons (Fsp3) is 0.333. The van der Waals surface area contributed by atoms with E-state index in [2.05, 4.69) is 22.2 Å². The lowest BCUT2D eigenvalue weighted by Crippen LogP contribution is -2.04. The average molecular weight is 257 g/mol. The molecular formula is C15H19N3O. The van der Waals surface area contributed by atoms with Crippen molar-refractivity contribution in [2.24, 2.45) is 4.99 Å². The smallest absolute Gasteiger partial charge is 0.0684 e. The summed E-state index contributed by atoms with van der Waals surface area (Å²) in [4.78, 5) is 4.17. The molecule has 1 aromatic carbocycles. The molecule has 100 valence electrons. The zero-order valence-electron chi connectivity index (χ0n) is 11.4. The second-order valence-electron chi connectivity index (χ2n) is 4.49. The third-order valence-corrected chi connectivity index (χ3v) is 3.06. The Morgan fingerprint density at radius 2 is 2.00 bits per heavy atom. The lowest BCUT2D eigenvalue weighted by Gasteiger charge is -2.04. The Kier molecular flexibility index (Phi) is 4.47. The molecule has 0 saturated heterocycles. The third-order valence-electron chi connectivity index (χ3n) is 3.06. The summed E-state index contributed by atoms with van der Waals surface area (Å²) in [5, 5.41) is 13.3. The van der Waals surface area contributed by atoms with Gasteiger partial charge in [0.2, 0.25) is 0 Å². The fourth-order valence-electron chi connectivity index (χ4n) is 2.02. The van der Waals surface area contributed by atoms with Crippen molar-refractivity contribution in [3.8, 4) is 0 Å². The zero-order chi connectivity index (χ0) is 13.7. The summed E-state index contributed by atoms with van der Waals surface area (Å²) in [5.74, 6) is 0. The molecule has 0 radical (unpaired) electrons. The average Bonchev–Trinajstić information content (AvgIpc) is 2.68. The van der Waals surface area contributed by atoms with Gasteiger partial charge in [0.1, 0.15) is 0 Å². The van der Waals surface area contributed by atoms with Crippen molar-refractivity contribution in [3.63, 3.8) is 0 Å². The second-order valence-corrected chi connectivity index (χ2v) is 4.49. The Hall–Kier alpha value is -1.94. The van der Waals surface area contributed by atoms with Gasteiger partial charge in [0.15, 0.2) is 0 Å². The molecule has 1 N–H and O–H groups in total. The maximum Gasteiger partial charge on any atom is 0.0684 e. The highest BCUT2D eigenvalue weighted by Gasteiger charge is 2.09. The lowest BCUT2D eigenvalue weighted by molar-refractivity contribution is 0.307. The van der Waals surface area contributed by atoms with Gasteiger partial charge in [0, 0.05) is 17.5 Å². The van der Waals surface area contributed by atoms with Gasteiger partial charge < -0.3 is 5.11 Å². The number of aliphatic hydroxyl groups is 1. The van der Waals surface area contributed by atoms with E-state index in [1.54, 1.807) is 6.21 Å². The van der Waals surface area contributed by atoms with Gasteiger partial charge in [-0.25, -0.2) is 0 Å². The summed E-state index contributed by atoms with van der Waals surface area (Å²) in [6, 6.07) is 10.3. The van der Waals surface area contributed by atoms with Crippen molar-refractivity contribution < 1.29 is 5.11 Å². The van der Waals surface area contributed by atoms with E-state index in [-0.39, 0.29) is 6.61 Å². The molecule has 4 nitrogen and oxygen atoms in total. The molecule has 0 saturated carbocycles. The molecule has 0 aliphatic rings. The quantitative estimate of drug-likeness (QED) is 0.832. The van der Waals surface area contributed by atoms with Crippen LogP contribution in [0.2, 0.25) is 0 Å². The first-order chi connectivity index (χ1) is 9.22. The molecule has 0 unspecified atom stereocenters. The summed E-state index contributed by atoms with van der Waals surface area (Å²) in [6.45, 7) is 5.30. The van der Waals surface area contributed by atoms with Crippen LogP contribution in [0.4, 0.5) is 0 Å². The number of rotatable bonds is 5. The van der Waals surface area contributed by atoms with Crippen LogP contribution in [0.3, 0.4) is 0 Å². The molecule has 0 spiro atoms. The van der Waals surface area contributed by atoms with Crippen LogP contribution in [0.25, 0.3) is 0 Å². The number of aliphatic imine (C=N–C) groups is 1. The van der Waals surface area contributed by atoms with Gasteiger partial charge in [0.05, 0.1) is 25.4 Å². The van der Waals surface area contributed by atoms with Crippen molar-refractivity contribution in [2.45, 2.75) is 20.4 Å². The lowest BCUT2D eigenvalue weighted by atomic mass is 10.2. The fourth-order valence-corrected chi connectivity index (χ4v) is 2.02. The van der Waals surface area contributed by atoms with Gasteiger partial charge >= 0.3 is 0 Å². The van der Waals surface area contributed by atoms with Crippen molar-refractivity contribution in [2.75, 3.05) is 13.2 Å². The minimum Gasteiger partial charge on any atom is -0.394 e. The highest BCUT2D eigenvalue weighted by atomic mass is 16.3. The molecule has 0 atom stereocenters. The molecule has 0 aliphatic carbocycles. The number of benzene rings is 1. The first-order valence-corrected chi connectivity index (χ1v) is 6.41. The topological polar surface area (TPSA) is 50.4 Å². The minimum absolute atomic E-state index is 0.0761. The Bertz CT molecular complexity index is 558. The molecule has 2 aromatic rings. The summed E-state index contributed by atoms with van der Waals surface area (Å²) in [5.41, 5.74) is 4.34. The molecule has 19 heavy (non-hydrogen) atoms. The maximum atomic E-state index is 8.75. The van der Waals surface area contributed by atoms with Gasteiger partial charge in [-0.3, -0.25) is 9.67 Å². The van der Waals surface area contributed by atoms with Gasteiger partial charge in [-0.15, -0.1) is 0 Å². The van der Waals surface area contributed by atoms with Gasteiger partial charge in [-0.05, 0) is 19.4 Å². The molecule has 1 heterocycles. The number of hydrogen-bond donors (Lipinski definition) is 1. The molecule has 1 aromatic heterocycles. The van der Waals surface area contributed by atoms with Gasteiger partial charge in [-0.1, -0.05) is 30.3 Å². The van der Waals surface area contributed by atoms with Crippen LogP contribution in [0.5, 0.6) is 0 Å². The van der Waals surface area contributed by atoms with E-state index in [1.807, 2.05) is 36.7 Å². The van der Waals surface area contributed by atoms with Crippen molar-refractivity contribution >= 4 is 6.21 Å². The number of nitrogens with zero attached hydrogens (tertiary/aromatic N) is 3. The van der Waals surface area contributed by atoms with Crippen LogP contribution in [0, 0.1) is 13.8 Å². The van der Waals surface area contributed by atoms with Crippen LogP contribution < -0.4 is 0 Å². The normalized spacial score (nSPS) is 11.3. The van der Waals surface area contributed by atoms with E-state index in [9.17, 15) is 0 Å². The highest BCUT2D eigenvalue weighted by molar-refractivity contribution is 5.82. The van der Waals surface area contributed by atoms with Crippen LogP contribution in [0.1, 0.15) is 22.5 Å². The summed E-state index contributed by atoms with van der Waals surface area (Å²) >= 11 is 0. The molecule has 0 aliphatic heterocycles. The van der Waals surface area contributed by atoms with E-state index >= 15 is 0 Å². The maximum absolute atomic E-state index is 8.75. The summed E-state index contributed by atoms with van der Waals surface area (Å²) in [6.07, 6.45) is 1.80. The van der Waals surface area contributed by atoms with Crippen LogP contribution in [-0.4, -0.2) is 34.3 Å². The summed E-state index contributed by atoms with van der Waals surface area (Å²) < 4.78 is 1.99. The van der Waals surface area contributed by atoms with E-state index in [1.165, 1.54) is 5.56 Å². The van der Waals surface area contributed by atoms with Crippen LogP contribution in [-0.2, 0) is 6.54 Å². The number of aliphatic hydroxyl groups excluding tert-OH is 1. The van der Waals surface area contributed by atoms with Crippen LogP contribution in [0.15, 0.2) is 35.3 Å². The standard InChI is InChI=1S/C15H19N3O/c1-12-15(10-16-8-9-19)13(2)18(17-12)11-14-6-4-3-5-7-14/h3-7,10,19H,8-9,11H2,1-2H3. The van der Waals surface area contributed by atoms with Gasteiger partial charge in [0.25, 0.3) is 0 Å². The Morgan fingerprint density at radius 3 is 2.68 bits per heavy atom. The first-order valence-electron chi connectivity index (χ1n) is 6.41. The third kappa shape index (κ3) is 3.29. The molecule has 0 fully saturated rings. The van der Waals surface area contributed by atoms with E-state index in [0.717, 1.165) is 23.5 Å². The molecule has 0 bridgehead atoms. The predicted molar refractivity (Wildman–Crippen MR) is 76.8 cm³/mol. The highest BCUT2D eigenvalue weighted by Crippen LogP contribution is 2.12. The van der Waals surface area contributed by atoms with Crippen molar-refractivity contribution in [1.82, 2.24) is 9.78 Å². The Balaban J connectivity index is 2.21. The minimum atomic E-state index is 0.0761. The summed E-state index contributed by atoms with van der Waals surface area (Å²) in [7, 11) is 0. The Labute approximate surface area is 113 Å². The molecule has 2 rings (SSSR count). The number of aromatic nitrogens is 2. The Morgan fingerprint density at radius 1 is 1.26 bits per heavy atom. The van der Waals surface area contributed by atoms with E-state index in [0.29, 0.717) is 6.54 Å². The number of hydrogen-bond acceptors (Lipinski definition) is 3. The van der Waals surface area contributed by atoms with Crippen molar-refractivity contribution in [3.05, 3.63) is 52.8 Å². The molecule has 4 heteroatoms. The monoisotopic (exact) mass is 257 g/mol.